The van der Waals surface area contributed by atoms with Gasteiger partial charge in [0, 0.05) is 13.0 Å². The Balaban J connectivity index is 1.45. The Hall–Kier alpha value is -3.02. The highest BCUT2D eigenvalue weighted by atomic mass is 16.5. The van der Waals surface area contributed by atoms with Gasteiger partial charge in [-0.25, -0.2) is 4.98 Å². The highest BCUT2D eigenvalue weighted by Gasteiger charge is 2.19. The van der Waals surface area contributed by atoms with Crippen LogP contribution in [0.4, 0.5) is 5.82 Å². The number of hydrogen-bond donors (Lipinski definition) is 1. The molecule has 2 aromatic heterocycles. The van der Waals surface area contributed by atoms with Crippen LogP contribution in [0.5, 0.6) is 5.75 Å². The number of carbonyl (C=O) groups is 1. The molecule has 1 aliphatic rings. The number of carbonyl (C=O) groups excluding carboxylic acids is 1. The molecule has 4 rings (SSSR count). The van der Waals surface area contributed by atoms with Crippen molar-refractivity contribution in [3.8, 4) is 5.75 Å². The van der Waals surface area contributed by atoms with E-state index in [0.29, 0.717) is 11.3 Å². The van der Waals surface area contributed by atoms with E-state index in [1.807, 2.05) is 31.2 Å². The van der Waals surface area contributed by atoms with Crippen molar-refractivity contribution in [3.05, 3.63) is 65.5 Å². The molecule has 0 fully saturated rings. The third kappa shape index (κ3) is 3.35. The van der Waals surface area contributed by atoms with E-state index in [9.17, 15) is 4.79 Å². The molecule has 0 radical (unpaired) electrons. The fraction of sp³-hybridized carbons (Fsp3) is 0.300. The number of imidazole rings is 1. The zero-order valence-electron chi connectivity index (χ0n) is 14.7. The van der Waals surface area contributed by atoms with E-state index in [1.54, 1.807) is 12.3 Å². The first-order valence-corrected chi connectivity index (χ1v) is 8.82. The van der Waals surface area contributed by atoms with Gasteiger partial charge >= 0.3 is 0 Å². The van der Waals surface area contributed by atoms with Crippen molar-refractivity contribution < 1.29 is 13.9 Å². The Morgan fingerprint density at radius 3 is 2.96 bits per heavy atom. The average molecular weight is 351 g/mol. The number of benzene rings is 1. The van der Waals surface area contributed by atoms with Crippen LogP contribution in [0, 0.1) is 6.92 Å². The summed E-state index contributed by atoms with van der Waals surface area (Å²) in [6, 6.07) is 9.42. The van der Waals surface area contributed by atoms with Crippen molar-refractivity contribution in [2.24, 2.45) is 0 Å². The predicted molar refractivity (Wildman–Crippen MR) is 97.3 cm³/mol. The number of aryl methyl sites for hydroxylation is 2. The Bertz CT molecular complexity index is 909. The molecule has 0 bridgehead atoms. The van der Waals surface area contributed by atoms with Gasteiger partial charge in [0.05, 0.1) is 18.0 Å². The van der Waals surface area contributed by atoms with Gasteiger partial charge in [-0.05, 0) is 38.0 Å². The zero-order valence-corrected chi connectivity index (χ0v) is 14.7. The highest BCUT2D eigenvalue weighted by molar-refractivity contribution is 6.04. The first-order valence-electron chi connectivity index (χ1n) is 8.82. The van der Waals surface area contributed by atoms with E-state index in [2.05, 4.69) is 14.9 Å². The summed E-state index contributed by atoms with van der Waals surface area (Å²) < 4.78 is 13.3. The lowest BCUT2D eigenvalue weighted by Crippen LogP contribution is -2.19. The molecule has 0 spiro atoms. The molecule has 1 aliphatic heterocycles. The van der Waals surface area contributed by atoms with Gasteiger partial charge in [-0.2, -0.15) is 0 Å². The van der Waals surface area contributed by atoms with Crippen molar-refractivity contribution >= 4 is 11.7 Å². The van der Waals surface area contributed by atoms with Gasteiger partial charge in [-0.3, -0.25) is 4.79 Å². The van der Waals surface area contributed by atoms with Crippen molar-refractivity contribution in [2.45, 2.75) is 39.3 Å². The van der Waals surface area contributed by atoms with E-state index in [1.165, 1.54) is 11.8 Å². The predicted octanol–water partition coefficient (Wildman–Crippen LogP) is 3.95. The molecule has 0 unspecified atom stereocenters. The summed E-state index contributed by atoms with van der Waals surface area (Å²) in [5.74, 6) is 2.79. The van der Waals surface area contributed by atoms with Gasteiger partial charge in [-0.15, -0.1) is 0 Å². The maximum atomic E-state index is 12.7. The molecule has 0 saturated heterocycles. The molecule has 1 aromatic carbocycles. The van der Waals surface area contributed by atoms with Crippen LogP contribution in [-0.4, -0.2) is 15.5 Å². The molecule has 3 heterocycles. The average Bonchev–Trinajstić information content (AvgIpc) is 3.29. The zero-order chi connectivity index (χ0) is 17.9. The van der Waals surface area contributed by atoms with Crippen LogP contribution in [0.2, 0.25) is 0 Å². The van der Waals surface area contributed by atoms with E-state index >= 15 is 0 Å². The van der Waals surface area contributed by atoms with Gasteiger partial charge in [0.1, 0.15) is 24.0 Å². The van der Waals surface area contributed by atoms with Gasteiger partial charge < -0.3 is 19.0 Å². The number of aromatic nitrogens is 2. The van der Waals surface area contributed by atoms with Gasteiger partial charge in [0.15, 0.2) is 5.76 Å². The quantitative estimate of drug-likeness (QED) is 0.755. The van der Waals surface area contributed by atoms with Crippen LogP contribution in [0.3, 0.4) is 0 Å². The summed E-state index contributed by atoms with van der Waals surface area (Å²) in [5.41, 5.74) is 1.64. The van der Waals surface area contributed by atoms with E-state index in [4.69, 9.17) is 9.15 Å². The largest absolute Gasteiger partial charge is 0.486 e. The Morgan fingerprint density at radius 1 is 1.27 bits per heavy atom. The number of anilines is 1. The molecule has 6 heteroatoms. The maximum Gasteiger partial charge on any atom is 0.260 e. The molecule has 1 amide bonds. The number of hydrogen-bond acceptors (Lipinski definition) is 4. The molecule has 134 valence electrons. The maximum absolute atomic E-state index is 12.7. The molecule has 0 aliphatic carbocycles. The lowest BCUT2D eigenvalue weighted by atomic mass is 10.2. The minimum Gasteiger partial charge on any atom is -0.486 e. The third-order valence-electron chi connectivity index (χ3n) is 4.59. The lowest BCUT2D eigenvalue weighted by Gasteiger charge is -2.16. The van der Waals surface area contributed by atoms with Crippen LogP contribution in [0.1, 0.15) is 40.3 Å². The van der Waals surface area contributed by atoms with Crippen LogP contribution < -0.4 is 10.1 Å². The van der Waals surface area contributed by atoms with Crippen LogP contribution in [0.15, 0.2) is 47.2 Å². The lowest BCUT2D eigenvalue weighted by molar-refractivity contribution is 0.102. The van der Waals surface area contributed by atoms with Crippen LogP contribution in [0.25, 0.3) is 0 Å². The molecular formula is C20H21N3O3. The van der Waals surface area contributed by atoms with Crippen molar-refractivity contribution in [2.75, 3.05) is 5.32 Å². The normalized spacial score (nSPS) is 13.3. The summed E-state index contributed by atoms with van der Waals surface area (Å²) in [7, 11) is 0. The monoisotopic (exact) mass is 351 g/mol. The second-order valence-corrected chi connectivity index (χ2v) is 6.48. The standard InChI is InChI=1S/C20H21N3O3/c1-14-5-7-15(8-6-14)26-13-17-16(9-11-25-17)20(24)22-19-12-21-18-4-2-3-10-23(18)19/h5-9,11-12H,2-4,10,13H2,1H3,(H,22,24). The Kier molecular flexibility index (Phi) is 4.48. The number of rotatable bonds is 5. The van der Waals surface area contributed by atoms with Gasteiger partial charge in [-0.1, -0.05) is 17.7 Å². The minimum atomic E-state index is -0.213. The number of amides is 1. The summed E-state index contributed by atoms with van der Waals surface area (Å²) >= 11 is 0. The third-order valence-corrected chi connectivity index (χ3v) is 4.59. The molecule has 1 N–H and O–H groups in total. The van der Waals surface area contributed by atoms with Crippen LogP contribution in [-0.2, 0) is 19.6 Å². The number of ether oxygens (including phenoxy) is 1. The fourth-order valence-electron chi connectivity index (χ4n) is 3.14. The number of fused-ring (bicyclic) bond motifs is 1. The molecule has 3 aromatic rings. The van der Waals surface area contributed by atoms with E-state index < -0.39 is 0 Å². The Morgan fingerprint density at radius 2 is 2.12 bits per heavy atom. The number of nitrogens with zero attached hydrogens (tertiary/aromatic N) is 2. The topological polar surface area (TPSA) is 69.3 Å². The fourth-order valence-corrected chi connectivity index (χ4v) is 3.14. The first kappa shape index (κ1) is 16.4. The summed E-state index contributed by atoms with van der Waals surface area (Å²) in [6.07, 6.45) is 6.44. The second-order valence-electron chi connectivity index (χ2n) is 6.48. The van der Waals surface area contributed by atoms with E-state index in [-0.39, 0.29) is 12.5 Å². The van der Waals surface area contributed by atoms with Gasteiger partial charge in [0.25, 0.3) is 5.91 Å². The van der Waals surface area contributed by atoms with Crippen LogP contribution >= 0.6 is 0 Å². The second kappa shape index (κ2) is 7.07. The number of furan rings is 1. The van der Waals surface area contributed by atoms with Crippen molar-refractivity contribution in [1.82, 2.24) is 9.55 Å². The van der Waals surface area contributed by atoms with Gasteiger partial charge in [0.2, 0.25) is 0 Å². The van der Waals surface area contributed by atoms with Crippen molar-refractivity contribution in [1.29, 1.82) is 0 Å². The molecule has 0 atom stereocenters. The number of nitrogens with one attached hydrogen (secondary N) is 1. The smallest absolute Gasteiger partial charge is 0.260 e. The highest BCUT2D eigenvalue weighted by Crippen LogP contribution is 2.22. The molecule has 6 nitrogen and oxygen atoms in total. The van der Waals surface area contributed by atoms with Crippen molar-refractivity contribution in [3.63, 3.8) is 0 Å². The molecule has 0 saturated carbocycles. The molecule has 26 heavy (non-hydrogen) atoms. The molecular weight excluding hydrogens is 330 g/mol. The Labute approximate surface area is 151 Å². The SMILES string of the molecule is Cc1ccc(OCc2occc2C(=O)Nc2cnc3n2CCCC3)cc1. The summed E-state index contributed by atoms with van der Waals surface area (Å²) in [6.45, 7) is 3.11. The first-order chi connectivity index (χ1) is 12.7. The summed E-state index contributed by atoms with van der Waals surface area (Å²) in [5, 5.41) is 2.94. The minimum absolute atomic E-state index is 0.198. The van der Waals surface area contributed by atoms with E-state index in [0.717, 1.165) is 43.2 Å². The summed E-state index contributed by atoms with van der Waals surface area (Å²) in [4.78, 5) is 17.1.